The molecule has 0 saturated carbocycles. The molecular formula is C16H21N3O4. The van der Waals surface area contributed by atoms with Gasteiger partial charge in [0.05, 0.1) is 7.11 Å². The van der Waals surface area contributed by atoms with Crippen LogP contribution in [0.4, 0.5) is 0 Å². The number of nitrogens with zero attached hydrogens (tertiary/aromatic N) is 3. The van der Waals surface area contributed by atoms with Gasteiger partial charge < -0.3 is 19.1 Å². The van der Waals surface area contributed by atoms with Crippen molar-refractivity contribution in [2.75, 3.05) is 20.7 Å². The number of amides is 2. The van der Waals surface area contributed by atoms with Crippen LogP contribution >= 0.6 is 0 Å². The molecule has 7 nitrogen and oxygen atoms in total. The fourth-order valence-corrected chi connectivity index (χ4v) is 3.55. The van der Waals surface area contributed by atoms with Gasteiger partial charge in [0.2, 0.25) is 11.8 Å². The minimum Gasteiger partial charge on any atom is -0.491 e. The maximum atomic E-state index is 12.7. The van der Waals surface area contributed by atoms with E-state index in [1.165, 1.54) is 11.7 Å². The number of likely N-dealkylation sites (N-methyl/N-ethyl adjacent to an activating group) is 1. The number of carbonyl (C=O) groups excluding carboxylic acids is 2. The van der Waals surface area contributed by atoms with Gasteiger partial charge in [0.15, 0.2) is 5.75 Å². The summed E-state index contributed by atoms with van der Waals surface area (Å²) in [5.74, 6) is 0.179. The monoisotopic (exact) mass is 319 g/mol. The van der Waals surface area contributed by atoms with Crippen LogP contribution in [-0.2, 0) is 16.1 Å². The van der Waals surface area contributed by atoms with Crippen molar-refractivity contribution in [2.24, 2.45) is 0 Å². The van der Waals surface area contributed by atoms with Crippen LogP contribution in [0.5, 0.6) is 5.75 Å². The van der Waals surface area contributed by atoms with Crippen molar-refractivity contribution >= 4 is 11.8 Å². The molecule has 0 spiro atoms. The molecule has 1 aromatic heterocycles. The minimum atomic E-state index is -0.321. The first-order valence-corrected chi connectivity index (χ1v) is 7.80. The maximum absolute atomic E-state index is 12.7. The Morgan fingerprint density at radius 2 is 2.04 bits per heavy atom. The van der Waals surface area contributed by atoms with Crippen molar-refractivity contribution in [2.45, 2.75) is 37.9 Å². The highest BCUT2D eigenvalue weighted by molar-refractivity contribution is 5.81. The average molecular weight is 319 g/mol. The molecule has 0 radical (unpaired) electrons. The third-order valence-corrected chi connectivity index (χ3v) is 4.74. The second-order valence-corrected chi connectivity index (χ2v) is 6.17. The highest BCUT2D eigenvalue weighted by atomic mass is 16.5. The van der Waals surface area contributed by atoms with Crippen LogP contribution in [-0.4, -0.2) is 59.0 Å². The summed E-state index contributed by atoms with van der Waals surface area (Å²) < 4.78 is 6.36. The van der Waals surface area contributed by atoms with E-state index in [4.69, 9.17) is 4.74 Å². The quantitative estimate of drug-likeness (QED) is 0.791. The topological polar surface area (TPSA) is 71.8 Å². The van der Waals surface area contributed by atoms with E-state index in [0.29, 0.717) is 13.0 Å². The Bertz CT molecular complexity index is 684. The summed E-state index contributed by atoms with van der Waals surface area (Å²) in [5.41, 5.74) is -0.321. The maximum Gasteiger partial charge on any atom is 0.293 e. The Labute approximate surface area is 134 Å². The normalized spacial score (nSPS) is 23.8. The molecule has 23 heavy (non-hydrogen) atoms. The number of hydrogen-bond donors (Lipinski definition) is 0. The predicted octanol–water partition coefficient (Wildman–Crippen LogP) is 0.0786. The van der Waals surface area contributed by atoms with Crippen molar-refractivity contribution in [1.82, 2.24) is 14.4 Å². The second kappa shape index (κ2) is 6.06. The lowest BCUT2D eigenvalue weighted by molar-refractivity contribution is -0.134. The fourth-order valence-electron chi connectivity index (χ4n) is 3.55. The standard InChI is InChI=1S/C16H21N3O4/c1-17-9-12-6-5-11(8-14(17)20)19(12)15(21)10-18-7-3-4-13(23-2)16(18)22/h3-4,7,11-12H,5-6,8-10H2,1-2H3/t11-,12+/m1/s1. The van der Waals surface area contributed by atoms with E-state index >= 15 is 0 Å². The molecular weight excluding hydrogens is 298 g/mol. The number of aromatic nitrogens is 1. The SMILES string of the molecule is COc1cccn(CC(=O)N2[C@@H]3CC[C@H]2CN(C)C(=O)C3)c1=O. The summed E-state index contributed by atoms with van der Waals surface area (Å²) in [5, 5.41) is 0. The van der Waals surface area contributed by atoms with Gasteiger partial charge in [0, 0.05) is 38.3 Å². The molecule has 2 fully saturated rings. The molecule has 3 rings (SSSR count). The van der Waals surface area contributed by atoms with Crippen LogP contribution in [0.2, 0.25) is 0 Å². The minimum absolute atomic E-state index is 0.0268. The first kappa shape index (κ1) is 15.6. The Hall–Kier alpha value is -2.31. The molecule has 2 aliphatic heterocycles. The largest absolute Gasteiger partial charge is 0.491 e. The van der Waals surface area contributed by atoms with Crippen LogP contribution < -0.4 is 10.3 Å². The van der Waals surface area contributed by atoms with Gasteiger partial charge in [-0.3, -0.25) is 14.4 Å². The lowest BCUT2D eigenvalue weighted by Crippen LogP contribution is -2.45. The van der Waals surface area contributed by atoms with E-state index in [2.05, 4.69) is 0 Å². The Morgan fingerprint density at radius 3 is 2.78 bits per heavy atom. The van der Waals surface area contributed by atoms with Gasteiger partial charge >= 0.3 is 0 Å². The Morgan fingerprint density at radius 1 is 1.30 bits per heavy atom. The van der Waals surface area contributed by atoms with E-state index in [0.717, 1.165) is 12.8 Å². The zero-order valence-corrected chi connectivity index (χ0v) is 13.4. The number of pyridine rings is 1. The number of carbonyl (C=O) groups is 2. The van der Waals surface area contributed by atoms with Crippen LogP contribution in [0.1, 0.15) is 19.3 Å². The van der Waals surface area contributed by atoms with Crippen molar-refractivity contribution in [3.05, 3.63) is 28.7 Å². The van der Waals surface area contributed by atoms with E-state index in [-0.39, 0.29) is 41.8 Å². The third kappa shape index (κ3) is 2.83. The Kier molecular flexibility index (Phi) is 4.11. The molecule has 2 bridgehead atoms. The van der Waals surface area contributed by atoms with Gasteiger partial charge in [-0.1, -0.05) is 0 Å². The first-order valence-electron chi connectivity index (χ1n) is 7.80. The lowest BCUT2D eigenvalue weighted by atomic mass is 10.1. The van der Waals surface area contributed by atoms with Gasteiger partial charge in [-0.2, -0.15) is 0 Å². The summed E-state index contributed by atoms with van der Waals surface area (Å²) >= 11 is 0. The summed E-state index contributed by atoms with van der Waals surface area (Å²) in [6, 6.07) is 3.26. The summed E-state index contributed by atoms with van der Waals surface area (Å²) in [4.78, 5) is 40.4. The smallest absolute Gasteiger partial charge is 0.293 e. The van der Waals surface area contributed by atoms with Crippen LogP contribution in [0, 0.1) is 0 Å². The number of rotatable bonds is 3. The molecule has 0 N–H and O–H groups in total. The van der Waals surface area contributed by atoms with Gasteiger partial charge in [-0.05, 0) is 25.0 Å². The predicted molar refractivity (Wildman–Crippen MR) is 83.2 cm³/mol. The van der Waals surface area contributed by atoms with Crippen molar-refractivity contribution in [3.63, 3.8) is 0 Å². The van der Waals surface area contributed by atoms with E-state index < -0.39 is 0 Å². The fraction of sp³-hybridized carbons (Fsp3) is 0.562. The molecule has 7 heteroatoms. The van der Waals surface area contributed by atoms with Crippen LogP contribution in [0.25, 0.3) is 0 Å². The number of methoxy groups -OCH3 is 1. The molecule has 2 saturated heterocycles. The molecule has 2 atom stereocenters. The number of hydrogen-bond acceptors (Lipinski definition) is 4. The van der Waals surface area contributed by atoms with Crippen LogP contribution in [0.3, 0.4) is 0 Å². The number of fused-ring (bicyclic) bond motifs is 2. The van der Waals surface area contributed by atoms with Crippen molar-refractivity contribution in [1.29, 1.82) is 0 Å². The molecule has 1 aromatic rings. The van der Waals surface area contributed by atoms with Crippen molar-refractivity contribution < 1.29 is 14.3 Å². The van der Waals surface area contributed by atoms with Gasteiger partial charge in [-0.25, -0.2) is 0 Å². The zero-order chi connectivity index (χ0) is 16.6. The highest BCUT2D eigenvalue weighted by Crippen LogP contribution is 2.30. The van der Waals surface area contributed by atoms with Gasteiger partial charge in [0.25, 0.3) is 5.56 Å². The third-order valence-electron chi connectivity index (χ3n) is 4.74. The number of ether oxygens (including phenoxy) is 1. The molecule has 0 unspecified atom stereocenters. The molecule has 2 aliphatic rings. The summed E-state index contributed by atoms with van der Waals surface area (Å²) in [6.45, 7) is 0.537. The lowest BCUT2D eigenvalue weighted by Gasteiger charge is -2.28. The Balaban J connectivity index is 1.81. The van der Waals surface area contributed by atoms with Crippen molar-refractivity contribution in [3.8, 4) is 5.75 Å². The van der Waals surface area contributed by atoms with E-state index in [1.807, 2.05) is 4.90 Å². The molecule has 2 amide bonds. The summed E-state index contributed by atoms with van der Waals surface area (Å²) in [6.07, 6.45) is 3.70. The molecule has 124 valence electrons. The van der Waals surface area contributed by atoms with Gasteiger partial charge in [-0.15, -0.1) is 0 Å². The average Bonchev–Trinajstić information content (AvgIpc) is 2.85. The van der Waals surface area contributed by atoms with Crippen LogP contribution in [0.15, 0.2) is 23.1 Å². The zero-order valence-electron chi connectivity index (χ0n) is 13.4. The van der Waals surface area contributed by atoms with E-state index in [9.17, 15) is 14.4 Å². The van der Waals surface area contributed by atoms with Gasteiger partial charge in [0.1, 0.15) is 6.54 Å². The first-order chi connectivity index (χ1) is 11.0. The second-order valence-electron chi connectivity index (χ2n) is 6.17. The summed E-state index contributed by atoms with van der Waals surface area (Å²) in [7, 11) is 3.21. The number of likely N-dealkylation sites (tertiary alicyclic amines) is 1. The molecule has 0 aromatic carbocycles. The van der Waals surface area contributed by atoms with E-state index in [1.54, 1.807) is 30.3 Å². The molecule has 3 heterocycles. The molecule has 0 aliphatic carbocycles. The highest BCUT2D eigenvalue weighted by Gasteiger charge is 2.41.